The van der Waals surface area contributed by atoms with Gasteiger partial charge in [-0.15, -0.1) is 0 Å². The maximum Gasteiger partial charge on any atom is 0.416 e. The Hall–Kier alpha value is -0.590. The van der Waals surface area contributed by atoms with Crippen molar-refractivity contribution in [3.63, 3.8) is 0 Å². The summed E-state index contributed by atoms with van der Waals surface area (Å²) in [4.78, 5) is 0. The second-order valence-electron chi connectivity index (χ2n) is 4.62. The molecule has 1 aliphatic rings. The van der Waals surface area contributed by atoms with Gasteiger partial charge in [0.15, 0.2) is 0 Å². The van der Waals surface area contributed by atoms with E-state index in [0.717, 1.165) is 12.5 Å². The highest BCUT2D eigenvalue weighted by Crippen LogP contribution is 2.39. The van der Waals surface area contributed by atoms with Gasteiger partial charge in [0.25, 0.3) is 0 Å². The smallest absolute Gasteiger partial charge is 0.381 e. The van der Waals surface area contributed by atoms with Gasteiger partial charge < -0.3 is 10.1 Å². The third-order valence-electron chi connectivity index (χ3n) is 3.40. The van der Waals surface area contributed by atoms with E-state index in [1.165, 1.54) is 6.07 Å². The summed E-state index contributed by atoms with van der Waals surface area (Å²) in [6.07, 6.45) is -3.58. The molecule has 0 aliphatic carbocycles. The van der Waals surface area contributed by atoms with Crippen LogP contribution in [0.1, 0.15) is 23.6 Å². The molecule has 0 amide bonds. The van der Waals surface area contributed by atoms with Gasteiger partial charge in [0.2, 0.25) is 0 Å². The predicted molar refractivity (Wildman–Crippen MR) is 69.9 cm³/mol. The Morgan fingerprint density at radius 2 is 2.16 bits per heavy atom. The van der Waals surface area contributed by atoms with Crippen molar-refractivity contribution < 1.29 is 17.9 Å². The first-order chi connectivity index (χ1) is 8.93. The topological polar surface area (TPSA) is 21.3 Å². The van der Waals surface area contributed by atoms with E-state index >= 15 is 0 Å². The van der Waals surface area contributed by atoms with Crippen LogP contribution in [0, 0.1) is 5.92 Å². The average molecular weight is 338 g/mol. The minimum atomic E-state index is -4.35. The van der Waals surface area contributed by atoms with Gasteiger partial charge in [-0.1, -0.05) is 22.0 Å². The van der Waals surface area contributed by atoms with Crippen molar-refractivity contribution in [3.8, 4) is 0 Å². The molecule has 2 unspecified atom stereocenters. The van der Waals surface area contributed by atoms with Crippen molar-refractivity contribution in [2.75, 3.05) is 20.3 Å². The Morgan fingerprint density at radius 3 is 2.68 bits per heavy atom. The normalized spacial score (nSPS) is 21.6. The van der Waals surface area contributed by atoms with Crippen molar-refractivity contribution >= 4 is 15.9 Å². The molecule has 1 N–H and O–H groups in total. The van der Waals surface area contributed by atoms with Gasteiger partial charge in [0.1, 0.15) is 0 Å². The minimum Gasteiger partial charge on any atom is -0.381 e. The fourth-order valence-corrected chi connectivity index (χ4v) is 2.87. The molecule has 0 aromatic heterocycles. The second-order valence-corrected chi connectivity index (χ2v) is 5.54. The number of rotatable bonds is 3. The van der Waals surface area contributed by atoms with Crippen LogP contribution in [-0.2, 0) is 10.9 Å². The van der Waals surface area contributed by atoms with E-state index in [1.807, 2.05) is 0 Å². The van der Waals surface area contributed by atoms with E-state index in [1.54, 1.807) is 13.1 Å². The molecular formula is C13H15BrF3NO. The molecule has 1 aromatic rings. The maximum absolute atomic E-state index is 13.1. The van der Waals surface area contributed by atoms with Gasteiger partial charge in [-0.2, -0.15) is 13.2 Å². The van der Waals surface area contributed by atoms with Crippen molar-refractivity contribution in [2.45, 2.75) is 18.6 Å². The molecule has 19 heavy (non-hydrogen) atoms. The molecule has 1 aromatic carbocycles. The summed E-state index contributed by atoms with van der Waals surface area (Å²) in [6, 6.07) is 3.97. The number of ether oxygens (including phenoxy) is 1. The first-order valence-electron chi connectivity index (χ1n) is 6.05. The highest BCUT2D eigenvalue weighted by atomic mass is 79.9. The van der Waals surface area contributed by atoms with Gasteiger partial charge >= 0.3 is 6.18 Å². The fraction of sp³-hybridized carbons (Fsp3) is 0.538. The monoisotopic (exact) mass is 337 g/mol. The largest absolute Gasteiger partial charge is 0.416 e. The number of nitrogens with one attached hydrogen (secondary N) is 1. The molecule has 0 bridgehead atoms. The number of halogens is 4. The predicted octanol–water partition coefficient (Wildman–Crippen LogP) is 3.76. The van der Waals surface area contributed by atoms with Gasteiger partial charge in [-0.3, -0.25) is 0 Å². The Morgan fingerprint density at radius 1 is 1.42 bits per heavy atom. The summed E-state index contributed by atoms with van der Waals surface area (Å²) in [6.45, 7) is 1.11. The van der Waals surface area contributed by atoms with Crippen LogP contribution in [0.3, 0.4) is 0 Å². The van der Waals surface area contributed by atoms with E-state index in [-0.39, 0.29) is 17.5 Å². The van der Waals surface area contributed by atoms with Gasteiger partial charge in [-0.05, 0) is 31.2 Å². The number of hydrogen-bond donors (Lipinski definition) is 1. The minimum absolute atomic E-state index is 0.0762. The van der Waals surface area contributed by atoms with Crippen LogP contribution in [-0.4, -0.2) is 20.3 Å². The molecule has 2 rings (SSSR count). The van der Waals surface area contributed by atoms with Crippen molar-refractivity contribution in [1.29, 1.82) is 0 Å². The lowest BCUT2D eigenvalue weighted by molar-refractivity contribution is -0.138. The molecule has 1 fully saturated rings. The summed E-state index contributed by atoms with van der Waals surface area (Å²) in [5, 5.41) is 3.00. The molecule has 2 atom stereocenters. The molecule has 106 valence electrons. The molecule has 2 nitrogen and oxygen atoms in total. The van der Waals surface area contributed by atoms with Crippen LogP contribution in [0.15, 0.2) is 22.7 Å². The molecular weight excluding hydrogens is 323 g/mol. The lowest BCUT2D eigenvalue weighted by Gasteiger charge is -2.25. The third-order valence-corrected chi connectivity index (χ3v) is 3.90. The Bertz CT molecular complexity index is 444. The van der Waals surface area contributed by atoms with E-state index in [0.29, 0.717) is 17.7 Å². The van der Waals surface area contributed by atoms with Crippen molar-refractivity contribution in [2.24, 2.45) is 5.92 Å². The molecule has 1 saturated heterocycles. The highest BCUT2D eigenvalue weighted by Gasteiger charge is 2.37. The maximum atomic E-state index is 13.1. The van der Waals surface area contributed by atoms with Crippen LogP contribution in [0.4, 0.5) is 13.2 Å². The quantitative estimate of drug-likeness (QED) is 0.906. The second kappa shape index (κ2) is 5.81. The van der Waals surface area contributed by atoms with Gasteiger partial charge in [0.05, 0.1) is 12.2 Å². The lowest BCUT2D eigenvalue weighted by Crippen LogP contribution is -2.28. The first-order valence-corrected chi connectivity index (χ1v) is 6.84. The Kier molecular flexibility index (Phi) is 4.53. The van der Waals surface area contributed by atoms with Crippen molar-refractivity contribution in [1.82, 2.24) is 5.32 Å². The zero-order chi connectivity index (χ0) is 14.0. The van der Waals surface area contributed by atoms with Crippen LogP contribution in [0.2, 0.25) is 0 Å². The summed E-state index contributed by atoms with van der Waals surface area (Å²) in [7, 11) is 1.69. The lowest BCUT2D eigenvalue weighted by atomic mass is 9.89. The Balaban J connectivity index is 2.41. The summed E-state index contributed by atoms with van der Waals surface area (Å²) >= 11 is 3.10. The molecule has 1 aliphatic heterocycles. The van der Waals surface area contributed by atoms with Crippen LogP contribution >= 0.6 is 15.9 Å². The number of hydrogen-bond acceptors (Lipinski definition) is 2. The van der Waals surface area contributed by atoms with Crippen LogP contribution in [0.5, 0.6) is 0 Å². The number of benzene rings is 1. The van der Waals surface area contributed by atoms with Crippen LogP contribution < -0.4 is 5.32 Å². The van der Waals surface area contributed by atoms with Gasteiger partial charge in [0, 0.05) is 23.0 Å². The molecule has 0 spiro atoms. The Labute approximate surface area is 118 Å². The standard InChI is InChI=1S/C13H15BrF3NO/c1-18-12(8-4-5-19-7-8)10-3-2-9(14)6-11(10)13(15,16)17/h2-3,6,8,12,18H,4-5,7H2,1H3. The van der Waals surface area contributed by atoms with Crippen LogP contribution in [0.25, 0.3) is 0 Å². The molecule has 6 heteroatoms. The fourth-order valence-electron chi connectivity index (χ4n) is 2.51. The van der Waals surface area contributed by atoms with E-state index in [9.17, 15) is 13.2 Å². The molecule has 0 saturated carbocycles. The highest BCUT2D eigenvalue weighted by molar-refractivity contribution is 9.10. The zero-order valence-corrected chi connectivity index (χ0v) is 12.0. The SMILES string of the molecule is CNC(c1ccc(Br)cc1C(F)(F)F)C1CCOC1. The van der Waals surface area contributed by atoms with E-state index < -0.39 is 11.7 Å². The van der Waals surface area contributed by atoms with Gasteiger partial charge in [-0.25, -0.2) is 0 Å². The average Bonchev–Trinajstić information content (AvgIpc) is 2.84. The van der Waals surface area contributed by atoms with E-state index in [2.05, 4.69) is 21.2 Å². The van der Waals surface area contributed by atoms with Crippen molar-refractivity contribution in [3.05, 3.63) is 33.8 Å². The zero-order valence-electron chi connectivity index (χ0n) is 10.4. The molecule has 1 heterocycles. The first kappa shape index (κ1) is 14.8. The summed E-state index contributed by atoms with van der Waals surface area (Å²) in [5.74, 6) is 0.0762. The van der Waals surface area contributed by atoms with E-state index in [4.69, 9.17) is 4.74 Å². The third kappa shape index (κ3) is 3.30. The number of alkyl halides is 3. The summed E-state index contributed by atoms with van der Waals surface area (Å²) < 4.78 is 45.1. The molecule has 0 radical (unpaired) electrons. The summed E-state index contributed by atoms with van der Waals surface area (Å²) in [5.41, 5.74) is -0.304.